The second kappa shape index (κ2) is 3.60. The number of rotatable bonds is 1. The van der Waals surface area contributed by atoms with E-state index in [-0.39, 0.29) is 11.7 Å². The summed E-state index contributed by atoms with van der Waals surface area (Å²) < 4.78 is 0. The van der Waals surface area contributed by atoms with E-state index in [1.54, 1.807) is 0 Å². The lowest BCUT2D eigenvalue weighted by Gasteiger charge is -2.07. The fraction of sp³-hybridized carbons (Fsp3) is 0.133. The summed E-state index contributed by atoms with van der Waals surface area (Å²) in [4.78, 5) is 12.2. The van der Waals surface area contributed by atoms with Gasteiger partial charge >= 0.3 is 0 Å². The Morgan fingerprint density at radius 3 is 2.31 bits per heavy atom. The Kier molecular flexibility index (Phi) is 2.10. The molecule has 3 rings (SSSR count). The molecule has 0 unspecified atom stereocenters. The average Bonchev–Trinajstić information content (AvgIpc) is 2.69. The minimum atomic E-state index is 0.0265. The lowest BCUT2D eigenvalue weighted by atomic mass is 9.95. The van der Waals surface area contributed by atoms with Gasteiger partial charge in [0.1, 0.15) is 0 Å². The minimum Gasteiger partial charge on any atom is -0.293 e. The van der Waals surface area contributed by atoms with Crippen molar-refractivity contribution in [2.24, 2.45) is 0 Å². The molecule has 0 aliphatic heterocycles. The number of benzene rings is 2. The SMILES string of the molecule is O=C1c2ccccc2C[C@@H]1c1ccccc1. The quantitative estimate of drug-likeness (QED) is 0.703. The number of hydrogen-bond acceptors (Lipinski definition) is 1. The Labute approximate surface area is 94.7 Å². The summed E-state index contributed by atoms with van der Waals surface area (Å²) in [7, 11) is 0. The molecule has 2 aromatic carbocycles. The fourth-order valence-electron chi connectivity index (χ4n) is 2.39. The first-order valence-corrected chi connectivity index (χ1v) is 5.53. The van der Waals surface area contributed by atoms with E-state index in [2.05, 4.69) is 6.07 Å². The minimum absolute atomic E-state index is 0.0265. The number of hydrogen-bond donors (Lipinski definition) is 0. The summed E-state index contributed by atoms with van der Waals surface area (Å²) in [5.41, 5.74) is 3.21. The van der Waals surface area contributed by atoms with Crippen LogP contribution >= 0.6 is 0 Å². The second-order valence-corrected chi connectivity index (χ2v) is 4.19. The molecule has 0 saturated carbocycles. The van der Waals surface area contributed by atoms with Gasteiger partial charge in [-0.15, -0.1) is 0 Å². The van der Waals surface area contributed by atoms with Gasteiger partial charge in [0.2, 0.25) is 0 Å². The van der Waals surface area contributed by atoms with Crippen molar-refractivity contribution in [3.63, 3.8) is 0 Å². The molecule has 1 aliphatic carbocycles. The van der Waals surface area contributed by atoms with Gasteiger partial charge in [-0.3, -0.25) is 4.79 Å². The van der Waals surface area contributed by atoms with Crippen molar-refractivity contribution in [2.45, 2.75) is 12.3 Å². The molecule has 0 aromatic heterocycles. The maximum Gasteiger partial charge on any atom is 0.170 e. The van der Waals surface area contributed by atoms with Crippen LogP contribution in [0.3, 0.4) is 0 Å². The van der Waals surface area contributed by atoms with Crippen LogP contribution in [0.2, 0.25) is 0 Å². The monoisotopic (exact) mass is 208 g/mol. The molecule has 1 heteroatoms. The molecule has 0 radical (unpaired) electrons. The molecule has 16 heavy (non-hydrogen) atoms. The van der Waals surface area contributed by atoms with Gasteiger partial charge in [-0.2, -0.15) is 0 Å². The Morgan fingerprint density at radius 1 is 0.875 bits per heavy atom. The number of fused-ring (bicyclic) bond motifs is 1. The smallest absolute Gasteiger partial charge is 0.170 e. The third kappa shape index (κ3) is 1.36. The zero-order chi connectivity index (χ0) is 11.0. The fourth-order valence-corrected chi connectivity index (χ4v) is 2.39. The second-order valence-electron chi connectivity index (χ2n) is 4.19. The standard InChI is InChI=1S/C15H12O/c16-15-13-9-5-4-8-12(13)10-14(15)11-6-2-1-3-7-11/h1-9,14H,10H2/t14-/m1/s1. The van der Waals surface area contributed by atoms with Gasteiger partial charge in [0.15, 0.2) is 5.78 Å². The first-order chi connectivity index (χ1) is 7.86. The zero-order valence-corrected chi connectivity index (χ0v) is 8.89. The van der Waals surface area contributed by atoms with Crippen molar-refractivity contribution in [1.29, 1.82) is 0 Å². The normalized spacial score (nSPS) is 18.5. The van der Waals surface area contributed by atoms with Gasteiger partial charge in [0.05, 0.1) is 5.92 Å². The van der Waals surface area contributed by atoms with Gasteiger partial charge in [-0.05, 0) is 17.5 Å². The molecule has 0 spiro atoms. The van der Waals surface area contributed by atoms with E-state index in [1.165, 1.54) is 5.56 Å². The van der Waals surface area contributed by atoms with E-state index >= 15 is 0 Å². The van der Waals surface area contributed by atoms with Crippen LogP contribution in [0.15, 0.2) is 54.6 Å². The van der Waals surface area contributed by atoms with Crippen LogP contribution in [0.5, 0.6) is 0 Å². The van der Waals surface area contributed by atoms with Crippen molar-refractivity contribution in [3.05, 3.63) is 71.3 Å². The number of ketones is 1. The van der Waals surface area contributed by atoms with E-state index in [1.807, 2.05) is 48.5 Å². The predicted molar refractivity (Wildman–Crippen MR) is 63.7 cm³/mol. The summed E-state index contributed by atoms with van der Waals surface area (Å²) in [6.45, 7) is 0. The number of carbonyl (C=O) groups excluding carboxylic acids is 1. The molecule has 0 heterocycles. The van der Waals surface area contributed by atoms with Crippen LogP contribution in [0.1, 0.15) is 27.4 Å². The van der Waals surface area contributed by atoms with Crippen molar-refractivity contribution < 1.29 is 4.79 Å². The maximum atomic E-state index is 12.2. The molecule has 1 nitrogen and oxygen atoms in total. The first kappa shape index (κ1) is 9.34. The van der Waals surface area contributed by atoms with E-state index in [0.29, 0.717) is 0 Å². The van der Waals surface area contributed by atoms with Crippen LogP contribution < -0.4 is 0 Å². The molecule has 0 bridgehead atoms. The van der Waals surface area contributed by atoms with E-state index < -0.39 is 0 Å². The van der Waals surface area contributed by atoms with Crippen molar-refractivity contribution >= 4 is 5.78 Å². The molecule has 0 saturated heterocycles. The summed E-state index contributed by atoms with van der Waals surface area (Å²) in [5.74, 6) is 0.292. The van der Waals surface area contributed by atoms with Crippen molar-refractivity contribution in [3.8, 4) is 0 Å². The Morgan fingerprint density at radius 2 is 1.56 bits per heavy atom. The highest BCUT2D eigenvalue weighted by Gasteiger charge is 2.30. The van der Waals surface area contributed by atoms with Crippen LogP contribution in [-0.2, 0) is 6.42 Å². The van der Waals surface area contributed by atoms with E-state index in [4.69, 9.17) is 0 Å². The molecule has 78 valence electrons. The van der Waals surface area contributed by atoms with Gasteiger partial charge in [0, 0.05) is 5.56 Å². The van der Waals surface area contributed by atoms with Gasteiger partial charge < -0.3 is 0 Å². The predicted octanol–water partition coefficient (Wildman–Crippen LogP) is 3.21. The third-order valence-corrected chi connectivity index (χ3v) is 3.23. The average molecular weight is 208 g/mol. The third-order valence-electron chi connectivity index (χ3n) is 3.23. The number of Topliss-reactive ketones (excluding diaryl/α,β-unsaturated/α-hetero) is 1. The molecule has 1 atom stereocenters. The largest absolute Gasteiger partial charge is 0.293 e. The van der Waals surface area contributed by atoms with Gasteiger partial charge in [0.25, 0.3) is 0 Å². The highest BCUT2D eigenvalue weighted by Crippen LogP contribution is 2.33. The van der Waals surface area contributed by atoms with E-state index in [0.717, 1.165) is 17.5 Å². The summed E-state index contributed by atoms with van der Waals surface area (Å²) >= 11 is 0. The van der Waals surface area contributed by atoms with Crippen molar-refractivity contribution in [2.75, 3.05) is 0 Å². The molecular weight excluding hydrogens is 196 g/mol. The number of carbonyl (C=O) groups is 1. The van der Waals surface area contributed by atoms with Crippen LogP contribution in [0, 0.1) is 0 Å². The Balaban J connectivity index is 2.02. The lowest BCUT2D eigenvalue weighted by Crippen LogP contribution is -2.06. The Hall–Kier alpha value is -1.89. The molecule has 1 aliphatic rings. The maximum absolute atomic E-state index is 12.2. The van der Waals surface area contributed by atoms with Crippen LogP contribution in [-0.4, -0.2) is 5.78 Å². The first-order valence-electron chi connectivity index (χ1n) is 5.53. The van der Waals surface area contributed by atoms with Crippen LogP contribution in [0.25, 0.3) is 0 Å². The topological polar surface area (TPSA) is 17.1 Å². The van der Waals surface area contributed by atoms with Gasteiger partial charge in [-0.25, -0.2) is 0 Å². The highest BCUT2D eigenvalue weighted by molar-refractivity contribution is 6.05. The molecule has 2 aromatic rings. The zero-order valence-electron chi connectivity index (χ0n) is 8.89. The molecule has 0 N–H and O–H groups in total. The van der Waals surface area contributed by atoms with Crippen LogP contribution in [0.4, 0.5) is 0 Å². The van der Waals surface area contributed by atoms with E-state index in [9.17, 15) is 4.79 Å². The lowest BCUT2D eigenvalue weighted by molar-refractivity contribution is 0.0973. The molecular formula is C15H12O. The summed E-state index contributed by atoms with van der Waals surface area (Å²) in [5, 5.41) is 0. The Bertz CT molecular complexity index is 528. The summed E-state index contributed by atoms with van der Waals surface area (Å²) in [6.07, 6.45) is 0.846. The molecule has 0 fully saturated rings. The highest BCUT2D eigenvalue weighted by atomic mass is 16.1. The van der Waals surface area contributed by atoms with Crippen molar-refractivity contribution in [1.82, 2.24) is 0 Å². The summed E-state index contributed by atoms with van der Waals surface area (Å²) in [6, 6.07) is 18.0. The molecule has 0 amide bonds. The van der Waals surface area contributed by atoms with Gasteiger partial charge in [-0.1, -0.05) is 54.6 Å².